The summed E-state index contributed by atoms with van der Waals surface area (Å²) in [6.45, 7) is 4.28. The molecule has 27 heavy (non-hydrogen) atoms. The molecule has 142 valence electrons. The Morgan fingerprint density at radius 2 is 1.59 bits per heavy atom. The number of benzene rings is 2. The van der Waals surface area contributed by atoms with E-state index in [1.165, 1.54) is 0 Å². The Morgan fingerprint density at radius 1 is 0.963 bits per heavy atom. The Kier molecular flexibility index (Phi) is 7.76. The monoisotopic (exact) mass is 385 g/mol. The number of nitrogens with one attached hydrogen (secondary N) is 3. The molecule has 0 spiro atoms. The van der Waals surface area contributed by atoms with Gasteiger partial charge in [0.15, 0.2) is 5.11 Å². The van der Waals surface area contributed by atoms with Crippen molar-refractivity contribution in [2.75, 3.05) is 17.2 Å². The number of carbonyl (C=O) groups excluding carboxylic acids is 2. The standard InChI is InChI=1S/C20H23N3O3S/c1-3-7-18(24)21-14-10-12-15(13-11-14)22-20(27)23-19(25)16-8-5-6-9-17(16)26-4-2/h5-6,8-13H,3-4,7H2,1-2H3,(H,21,24)(H2,22,23,25,27). The van der Waals surface area contributed by atoms with Crippen molar-refractivity contribution in [2.24, 2.45) is 0 Å². The van der Waals surface area contributed by atoms with Gasteiger partial charge in [-0.25, -0.2) is 0 Å². The minimum Gasteiger partial charge on any atom is -0.493 e. The van der Waals surface area contributed by atoms with Crippen LogP contribution < -0.4 is 20.7 Å². The van der Waals surface area contributed by atoms with E-state index < -0.39 is 0 Å². The van der Waals surface area contributed by atoms with Gasteiger partial charge in [0.1, 0.15) is 5.75 Å². The molecular weight excluding hydrogens is 362 g/mol. The van der Waals surface area contributed by atoms with Crippen LogP contribution in [0.2, 0.25) is 0 Å². The van der Waals surface area contributed by atoms with E-state index in [2.05, 4.69) is 16.0 Å². The fourth-order valence-electron chi connectivity index (χ4n) is 2.36. The van der Waals surface area contributed by atoms with E-state index >= 15 is 0 Å². The lowest BCUT2D eigenvalue weighted by atomic mass is 10.2. The van der Waals surface area contributed by atoms with Gasteiger partial charge < -0.3 is 15.4 Å². The summed E-state index contributed by atoms with van der Waals surface area (Å²) in [4.78, 5) is 24.0. The molecule has 0 bridgehead atoms. The molecular formula is C20H23N3O3S. The molecule has 0 unspecified atom stereocenters. The maximum Gasteiger partial charge on any atom is 0.261 e. The second kappa shape index (κ2) is 10.3. The number of carbonyl (C=O) groups is 2. The number of para-hydroxylation sites is 1. The van der Waals surface area contributed by atoms with Crippen LogP contribution in [0.15, 0.2) is 48.5 Å². The van der Waals surface area contributed by atoms with Gasteiger partial charge in [0.25, 0.3) is 5.91 Å². The van der Waals surface area contributed by atoms with E-state index in [9.17, 15) is 9.59 Å². The normalized spacial score (nSPS) is 10.0. The first-order valence-corrected chi connectivity index (χ1v) is 9.18. The van der Waals surface area contributed by atoms with Crippen LogP contribution in [0.5, 0.6) is 5.75 Å². The van der Waals surface area contributed by atoms with Crippen LogP contribution in [0.3, 0.4) is 0 Å². The van der Waals surface area contributed by atoms with Crippen molar-refractivity contribution in [3.8, 4) is 5.75 Å². The number of anilines is 2. The zero-order valence-electron chi connectivity index (χ0n) is 15.4. The number of thiocarbonyl (C=S) groups is 1. The molecule has 0 aliphatic heterocycles. The SMILES string of the molecule is CCCC(=O)Nc1ccc(NC(=S)NC(=O)c2ccccc2OCC)cc1. The van der Waals surface area contributed by atoms with Crippen molar-refractivity contribution in [1.82, 2.24) is 5.32 Å². The highest BCUT2D eigenvalue weighted by atomic mass is 32.1. The molecule has 0 saturated heterocycles. The average Bonchev–Trinajstić information content (AvgIpc) is 2.64. The summed E-state index contributed by atoms with van der Waals surface area (Å²) in [6, 6.07) is 14.1. The Labute approximate surface area is 164 Å². The van der Waals surface area contributed by atoms with E-state index in [0.29, 0.717) is 35.7 Å². The van der Waals surface area contributed by atoms with Gasteiger partial charge in [-0.2, -0.15) is 0 Å². The molecule has 0 heterocycles. The predicted molar refractivity (Wildman–Crippen MR) is 111 cm³/mol. The second-order valence-electron chi connectivity index (χ2n) is 5.71. The highest BCUT2D eigenvalue weighted by molar-refractivity contribution is 7.80. The third-order valence-electron chi connectivity index (χ3n) is 3.56. The summed E-state index contributed by atoms with van der Waals surface area (Å²) in [5, 5.41) is 8.57. The van der Waals surface area contributed by atoms with Crippen molar-refractivity contribution >= 4 is 40.5 Å². The lowest BCUT2D eigenvalue weighted by molar-refractivity contribution is -0.116. The van der Waals surface area contributed by atoms with E-state index in [1.54, 1.807) is 48.5 Å². The summed E-state index contributed by atoms with van der Waals surface area (Å²) < 4.78 is 5.46. The van der Waals surface area contributed by atoms with Crippen molar-refractivity contribution in [3.05, 3.63) is 54.1 Å². The average molecular weight is 385 g/mol. The van der Waals surface area contributed by atoms with Crippen LogP contribution in [0.4, 0.5) is 11.4 Å². The van der Waals surface area contributed by atoms with E-state index in [1.807, 2.05) is 13.8 Å². The number of amides is 2. The van der Waals surface area contributed by atoms with Crippen LogP contribution in [-0.4, -0.2) is 23.5 Å². The van der Waals surface area contributed by atoms with Crippen LogP contribution in [0.1, 0.15) is 37.0 Å². The quantitative estimate of drug-likeness (QED) is 0.629. The molecule has 0 atom stereocenters. The third kappa shape index (κ3) is 6.38. The number of rotatable bonds is 7. The van der Waals surface area contributed by atoms with E-state index in [0.717, 1.165) is 6.42 Å². The van der Waals surface area contributed by atoms with E-state index in [-0.39, 0.29) is 16.9 Å². The molecule has 3 N–H and O–H groups in total. The summed E-state index contributed by atoms with van der Waals surface area (Å²) in [6.07, 6.45) is 1.28. The molecule has 0 aliphatic carbocycles. The third-order valence-corrected chi connectivity index (χ3v) is 3.77. The second-order valence-corrected chi connectivity index (χ2v) is 6.12. The van der Waals surface area contributed by atoms with Crippen LogP contribution in [-0.2, 0) is 4.79 Å². The van der Waals surface area contributed by atoms with Gasteiger partial charge in [0, 0.05) is 17.8 Å². The molecule has 0 aliphatic rings. The highest BCUT2D eigenvalue weighted by Gasteiger charge is 2.13. The van der Waals surface area contributed by atoms with Gasteiger partial charge >= 0.3 is 0 Å². The first-order valence-electron chi connectivity index (χ1n) is 8.77. The molecule has 0 fully saturated rings. The maximum absolute atomic E-state index is 12.4. The molecule has 2 aromatic rings. The predicted octanol–water partition coefficient (Wildman–Crippen LogP) is 3.95. The van der Waals surface area contributed by atoms with Gasteiger partial charge in [0.05, 0.1) is 12.2 Å². The van der Waals surface area contributed by atoms with Crippen LogP contribution >= 0.6 is 12.2 Å². The van der Waals surface area contributed by atoms with Gasteiger partial charge in [-0.3, -0.25) is 14.9 Å². The molecule has 7 heteroatoms. The maximum atomic E-state index is 12.4. The number of hydrogen-bond donors (Lipinski definition) is 3. The molecule has 0 radical (unpaired) electrons. The van der Waals surface area contributed by atoms with Crippen molar-refractivity contribution in [1.29, 1.82) is 0 Å². The molecule has 6 nitrogen and oxygen atoms in total. The number of ether oxygens (including phenoxy) is 1. The van der Waals surface area contributed by atoms with Gasteiger partial charge in [-0.15, -0.1) is 0 Å². The highest BCUT2D eigenvalue weighted by Crippen LogP contribution is 2.18. The zero-order valence-corrected chi connectivity index (χ0v) is 16.2. The summed E-state index contributed by atoms with van der Waals surface area (Å²) in [7, 11) is 0. The van der Waals surface area contributed by atoms with E-state index in [4.69, 9.17) is 17.0 Å². The Bertz CT molecular complexity index is 806. The first-order chi connectivity index (χ1) is 13.0. The van der Waals surface area contributed by atoms with Crippen LogP contribution in [0, 0.1) is 0 Å². The van der Waals surface area contributed by atoms with Crippen molar-refractivity contribution in [3.63, 3.8) is 0 Å². The molecule has 2 aromatic carbocycles. The van der Waals surface area contributed by atoms with Crippen LogP contribution in [0.25, 0.3) is 0 Å². The summed E-state index contributed by atoms with van der Waals surface area (Å²) in [5.41, 5.74) is 1.82. The summed E-state index contributed by atoms with van der Waals surface area (Å²) in [5.74, 6) is 0.140. The first kappa shape index (κ1) is 20.4. The fraction of sp³-hybridized carbons (Fsp3) is 0.250. The molecule has 0 aromatic heterocycles. The minimum absolute atomic E-state index is 0.0195. The Morgan fingerprint density at radius 3 is 2.22 bits per heavy atom. The topological polar surface area (TPSA) is 79.5 Å². The van der Waals surface area contributed by atoms with Crippen molar-refractivity contribution < 1.29 is 14.3 Å². The minimum atomic E-state index is -0.347. The molecule has 2 amide bonds. The lowest BCUT2D eigenvalue weighted by Gasteiger charge is -2.12. The fourth-order valence-corrected chi connectivity index (χ4v) is 2.57. The van der Waals surface area contributed by atoms with Gasteiger partial charge in [0.2, 0.25) is 5.91 Å². The number of hydrogen-bond acceptors (Lipinski definition) is 4. The van der Waals surface area contributed by atoms with Gasteiger partial charge in [-0.05, 0) is 62.0 Å². The van der Waals surface area contributed by atoms with Gasteiger partial charge in [-0.1, -0.05) is 19.1 Å². The molecule has 0 saturated carbocycles. The molecule has 2 rings (SSSR count). The zero-order chi connectivity index (χ0) is 19.6. The smallest absolute Gasteiger partial charge is 0.261 e. The summed E-state index contributed by atoms with van der Waals surface area (Å²) >= 11 is 5.20. The van der Waals surface area contributed by atoms with Crippen molar-refractivity contribution in [2.45, 2.75) is 26.7 Å². The Balaban J connectivity index is 1.93. The largest absolute Gasteiger partial charge is 0.493 e. The lowest BCUT2D eigenvalue weighted by Crippen LogP contribution is -2.34. The Hall–Kier alpha value is -2.93.